The molecule has 1 aliphatic rings. The van der Waals surface area contributed by atoms with Gasteiger partial charge in [0.15, 0.2) is 0 Å². The fourth-order valence-corrected chi connectivity index (χ4v) is 2.67. The van der Waals surface area contributed by atoms with Gasteiger partial charge in [-0.2, -0.15) is 0 Å². The van der Waals surface area contributed by atoms with Crippen LogP contribution in [0.15, 0.2) is 18.3 Å². The van der Waals surface area contributed by atoms with Gasteiger partial charge in [-0.25, -0.2) is 4.98 Å². The van der Waals surface area contributed by atoms with Crippen LogP contribution in [0.25, 0.3) is 0 Å². The van der Waals surface area contributed by atoms with Gasteiger partial charge in [0.05, 0.1) is 0 Å². The second kappa shape index (κ2) is 8.10. The van der Waals surface area contributed by atoms with Crippen molar-refractivity contribution in [3.8, 4) is 0 Å². The van der Waals surface area contributed by atoms with Gasteiger partial charge in [-0.05, 0) is 26.5 Å². The lowest BCUT2D eigenvalue weighted by Crippen LogP contribution is -2.48. The molecule has 0 unspecified atom stereocenters. The molecule has 0 spiro atoms. The standard InChI is InChI=1S/C16H27N5O/c1-13(21-10-8-20(2)9-11-21)5-6-15(22)19-12-14-4-3-7-18-16(14)17/h3-4,7,13H,5-6,8-12H2,1-2H3,(H2,17,18)(H,19,22)/t13-/m1/s1. The predicted molar refractivity (Wildman–Crippen MR) is 88.3 cm³/mol. The molecule has 1 atom stereocenters. The number of piperazine rings is 1. The highest BCUT2D eigenvalue weighted by atomic mass is 16.1. The van der Waals surface area contributed by atoms with Crippen LogP contribution in [0.5, 0.6) is 0 Å². The van der Waals surface area contributed by atoms with E-state index < -0.39 is 0 Å². The minimum absolute atomic E-state index is 0.0734. The molecule has 1 fully saturated rings. The number of carbonyl (C=O) groups is 1. The van der Waals surface area contributed by atoms with Crippen LogP contribution in [0.3, 0.4) is 0 Å². The molecule has 1 aliphatic heterocycles. The summed E-state index contributed by atoms with van der Waals surface area (Å²) in [5, 5.41) is 2.92. The Kier molecular flexibility index (Phi) is 6.15. The molecule has 122 valence electrons. The van der Waals surface area contributed by atoms with Gasteiger partial charge < -0.3 is 16.0 Å². The van der Waals surface area contributed by atoms with Crippen LogP contribution in [-0.4, -0.2) is 60.0 Å². The van der Waals surface area contributed by atoms with E-state index in [9.17, 15) is 4.79 Å². The average Bonchev–Trinajstić information content (AvgIpc) is 2.52. The van der Waals surface area contributed by atoms with Crippen molar-refractivity contribution >= 4 is 11.7 Å². The van der Waals surface area contributed by atoms with E-state index in [0.717, 1.165) is 38.2 Å². The van der Waals surface area contributed by atoms with Crippen molar-refractivity contribution in [1.82, 2.24) is 20.1 Å². The molecule has 2 heterocycles. The number of carbonyl (C=O) groups excluding carboxylic acids is 1. The van der Waals surface area contributed by atoms with Crippen molar-refractivity contribution in [3.63, 3.8) is 0 Å². The lowest BCUT2D eigenvalue weighted by atomic mass is 10.1. The first-order valence-electron chi connectivity index (χ1n) is 7.95. The Morgan fingerprint density at radius 2 is 2.14 bits per heavy atom. The second-order valence-electron chi connectivity index (χ2n) is 6.05. The summed E-state index contributed by atoms with van der Waals surface area (Å²) >= 11 is 0. The zero-order valence-corrected chi connectivity index (χ0v) is 13.6. The lowest BCUT2D eigenvalue weighted by molar-refractivity contribution is -0.121. The molecule has 0 aliphatic carbocycles. The third-order valence-electron chi connectivity index (χ3n) is 4.35. The maximum absolute atomic E-state index is 12.0. The van der Waals surface area contributed by atoms with Crippen LogP contribution in [0.1, 0.15) is 25.3 Å². The number of anilines is 1. The number of aromatic nitrogens is 1. The van der Waals surface area contributed by atoms with Crippen molar-refractivity contribution in [3.05, 3.63) is 23.9 Å². The van der Waals surface area contributed by atoms with Gasteiger partial charge in [0.2, 0.25) is 5.91 Å². The monoisotopic (exact) mass is 305 g/mol. The van der Waals surface area contributed by atoms with Gasteiger partial charge in [-0.3, -0.25) is 9.69 Å². The number of pyridine rings is 1. The molecular formula is C16H27N5O. The van der Waals surface area contributed by atoms with E-state index in [-0.39, 0.29) is 5.91 Å². The molecular weight excluding hydrogens is 278 g/mol. The molecule has 1 amide bonds. The summed E-state index contributed by atoms with van der Waals surface area (Å²) in [7, 11) is 2.15. The van der Waals surface area contributed by atoms with E-state index in [1.54, 1.807) is 6.20 Å². The fraction of sp³-hybridized carbons (Fsp3) is 0.625. The van der Waals surface area contributed by atoms with Gasteiger partial charge in [0, 0.05) is 56.9 Å². The van der Waals surface area contributed by atoms with Gasteiger partial charge in [0.25, 0.3) is 0 Å². The van der Waals surface area contributed by atoms with Gasteiger partial charge in [0.1, 0.15) is 5.82 Å². The number of nitrogens with two attached hydrogens (primary N) is 1. The summed E-state index contributed by atoms with van der Waals surface area (Å²) in [6.45, 7) is 7.05. The van der Waals surface area contributed by atoms with Gasteiger partial charge in [-0.1, -0.05) is 6.07 Å². The zero-order chi connectivity index (χ0) is 15.9. The molecule has 1 aromatic rings. The van der Waals surface area contributed by atoms with Crippen LogP contribution in [0.2, 0.25) is 0 Å². The first-order chi connectivity index (χ1) is 10.6. The zero-order valence-electron chi connectivity index (χ0n) is 13.6. The largest absolute Gasteiger partial charge is 0.383 e. The van der Waals surface area contributed by atoms with Crippen LogP contribution < -0.4 is 11.1 Å². The Morgan fingerprint density at radius 1 is 1.41 bits per heavy atom. The van der Waals surface area contributed by atoms with E-state index in [4.69, 9.17) is 5.73 Å². The molecule has 1 aromatic heterocycles. The Hall–Kier alpha value is -1.66. The van der Waals surface area contributed by atoms with Crippen molar-refractivity contribution in [2.45, 2.75) is 32.4 Å². The number of nitrogens with zero attached hydrogens (tertiary/aromatic N) is 3. The maximum atomic E-state index is 12.0. The molecule has 22 heavy (non-hydrogen) atoms. The van der Waals surface area contributed by atoms with Crippen LogP contribution in [-0.2, 0) is 11.3 Å². The Morgan fingerprint density at radius 3 is 2.82 bits per heavy atom. The molecule has 0 aromatic carbocycles. The SMILES string of the molecule is C[C@H](CCC(=O)NCc1cccnc1N)N1CCN(C)CC1. The minimum Gasteiger partial charge on any atom is -0.383 e. The van der Waals surface area contributed by atoms with Crippen LogP contribution in [0, 0.1) is 0 Å². The quantitative estimate of drug-likeness (QED) is 0.809. The number of likely N-dealkylation sites (N-methyl/N-ethyl adjacent to an activating group) is 1. The molecule has 0 bridgehead atoms. The number of rotatable bonds is 6. The smallest absolute Gasteiger partial charge is 0.220 e. The molecule has 0 radical (unpaired) electrons. The molecule has 6 heteroatoms. The topological polar surface area (TPSA) is 74.5 Å². The molecule has 1 saturated heterocycles. The first kappa shape index (κ1) is 16.7. The Labute approximate surface area is 132 Å². The highest BCUT2D eigenvalue weighted by molar-refractivity contribution is 5.76. The molecule has 6 nitrogen and oxygen atoms in total. The van der Waals surface area contributed by atoms with Crippen molar-refractivity contribution in [2.24, 2.45) is 0 Å². The van der Waals surface area contributed by atoms with Gasteiger partial charge in [-0.15, -0.1) is 0 Å². The third-order valence-corrected chi connectivity index (χ3v) is 4.35. The number of hydrogen-bond donors (Lipinski definition) is 2. The van der Waals surface area contributed by atoms with Gasteiger partial charge >= 0.3 is 0 Å². The molecule has 2 rings (SSSR count). The van der Waals surface area contributed by atoms with E-state index in [1.165, 1.54) is 0 Å². The number of hydrogen-bond acceptors (Lipinski definition) is 5. The normalized spacial score (nSPS) is 18.1. The highest BCUT2D eigenvalue weighted by Gasteiger charge is 2.19. The maximum Gasteiger partial charge on any atom is 0.220 e. The number of nitrogens with one attached hydrogen (secondary N) is 1. The Bertz CT molecular complexity index is 485. The lowest BCUT2D eigenvalue weighted by Gasteiger charge is -2.36. The summed E-state index contributed by atoms with van der Waals surface area (Å²) in [5.74, 6) is 0.554. The third kappa shape index (κ3) is 4.96. The number of nitrogen functional groups attached to an aromatic ring is 1. The van der Waals surface area contributed by atoms with Crippen molar-refractivity contribution < 1.29 is 4.79 Å². The van der Waals surface area contributed by atoms with Crippen molar-refractivity contribution in [1.29, 1.82) is 0 Å². The van der Waals surface area contributed by atoms with E-state index in [0.29, 0.717) is 24.8 Å². The molecule has 0 saturated carbocycles. The average molecular weight is 305 g/mol. The summed E-state index contributed by atoms with van der Waals surface area (Å²) in [5.41, 5.74) is 6.63. The molecule has 3 N–H and O–H groups in total. The fourth-order valence-electron chi connectivity index (χ4n) is 2.67. The number of amides is 1. The van der Waals surface area contributed by atoms with E-state index >= 15 is 0 Å². The Balaban J connectivity index is 1.68. The summed E-state index contributed by atoms with van der Waals surface area (Å²) < 4.78 is 0. The summed E-state index contributed by atoms with van der Waals surface area (Å²) in [6.07, 6.45) is 3.09. The minimum atomic E-state index is 0.0734. The highest BCUT2D eigenvalue weighted by Crippen LogP contribution is 2.10. The first-order valence-corrected chi connectivity index (χ1v) is 7.95. The summed E-state index contributed by atoms with van der Waals surface area (Å²) in [4.78, 5) is 20.8. The van der Waals surface area contributed by atoms with E-state index in [1.807, 2.05) is 12.1 Å². The van der Waals surface area contributed by atoms with E-state index in [2.05, 4.69) is 34.1 Å². The predicted octanol–water partition coefficient (Wildman–Crippen LogP) is 0.696. The van der Waals surface area contributed by atoms with Crippen LogP contribution >= 0.6 is 0 Å². The second-order valence-corrected chi connectivity index (χ2v) is 6.05. The van der Waals surface area contributed by atoms with Crippen molar-refractivity contribution in [2.75, 3.05) is 39.0 Å². The summed E-state index contributed by atoms with van der Waals surface area (Å²) in [6, 6.07) is 4.16. The van der Waals surface area contributed by atoms with Crippen LogP contribution in [0.4, 0.5) is 5.82 Å².